The van der Waals surface area contributed by atoms with Crippen LogP contribution >= 0.6 is 0 Å². The summed E-state index contributed by atoms with van der Waals surface area (Å²) in [5.74, 6) is 0.931. The van der Waals surface area contributed by atoms with Crippen molar-refractivity contribution in [3.8, 4) is 0 Å². The van der Waals surface area contributed by atoms with Crippen LogP contribution in [0.5, 0.6) is 0 Å². The van der Waals surface area contributed by atoms with Gasteiger partial charge in [0.25, 0.3) is 0 Å². The van der Waals surface area contributed by atoms with E-state index in [9.17, 15) is 0 Å². The Morgan fingerprint density at radius 2 is 2.05 bits per heavy atom. The molecule has 2 aromatic heterocycles. The first-order chi connectivity index (χ1) is 9.74. The van der Waals surface area contributed by atoms with Gasteiger partial charge in [0.2, 0.25) is 5.95 Å². The van der Waals surface area contributed by atoms with Crippen molar-refractivity contribution >= 4 is 11.6 Å². The van der Waals surface area contributed by atoms with E-state index in [1.807, 2.05) is 23.3 Å². The predicted octanol–water partition coefficient (Wildman–Crippen LogP) is 3.91. The van der Waals surface area contributed by atoms with Gasteiger partial charge in [-0.3, -0.25) is 4.68 Å². The zero-order valence-corrected chi connectivity index (χ0v) is 12.3. The van der Waals surface area contributed by atoms with E-state index in [4.69, 9.17) is 0 Å². The molecule has 3 rings (SSSR count). The van der Waals surface area contributed by atoms with E-state index in [1.165, 1.54) is 32.1 Å². The second kappa shape index (κ2) is 5.69. The Labute approximate surface area is 120 Å². The molecule has 1 fully saturated rings. The van der Waals surface area contributed by atoms with Gasteiger partial charge in [-0.1, -0.05) is 19.3 Å². The first-order valence-electron chi connectivity index (χ1n) is 7.58. The molecule has 5 nitrogen and oxygen atoms in total. The average molecular weight is 273 g/mol. The summed E-state index contributed by atoms with van der Waals surface area (Å²) in [7, 11) is 0. The van der Waals surface area contributed by atoms with Crippen molar-refractivity contribution in [1.29, 1.82) is 0 Å². The lowest BCUT2D eigenvalue weighted by molar-refractivity contribution is 0.356. The molecule has 0 spiro atoms. The average Bonchev–Trinajstić information content (AvgIpc) is 3.09. The van der Waals surface area contributed by atoms with E-state index in [1.54, 1.807) is 0 Å². The number of hydrogen-bond donors (Lipinski definition) is 1. The van der Waals surface area contributed by atoms with E-state index in [0.29, 0.717) is 12.1 Å². The Morgan fingerprint density at radius 1 is 1.25 bits per heavy atom. The molecule has 0 radical (unpaired) electrons. The number of hydrogen-bond acceptors (Lipinski definition) is 3. The first kappa shape index (κ1) is 13.2. The molecule has 1 aliphatic rings. The van der Waals surface area contributed by atoms with Gasteiger partial charge in [-0.05, 0) is 26.7 Å². The first-order valence-corrected chi connectivity index (χ1v) is 7.58. The lowest BCUT2D eigenvalue weighted by atomic mass is 9.95. The molecule has 0 aromatic carbocycles. The van der Waals surface area contributed by atoms with E-state index >= 15 is 0 Å². The van der Waals surface area contributed by atoms with Gasteiger partial charge in [0.1, 0.15) is 0 Å². The summed E-state index contributed by atoms with van der Waals surface area (Å²) < 4.78 is 4.24. The highest BCUT2D eigenvalue weighted by Crippen LogP contribution is 2.30. The van der Waals surface area contributed by atoms with Crippen molar-refractivity contribution in [2.75, 3.05) is 5.32 Å². The van der Waals surface area contributed by atoms with Crippen molar-refractivity contribution in [1.82, 2.24) is 19.3 Å². The maximum atomic E-state index is 4.46. The third-order valence-corrected chi connectivity index (χ3v) is 4.02. The van der Waals surface area contributed by atoms with Crippen molar-refractivity contribution < 1.29 is 0 Å². The van der Waals surface area contributed by atoms with Crippen LogP contribution in [0.15, 0.2) is 24.8 Å². The highest BCUT2D eigenvalue weighted by atomic mass is 15.3. The van der Waals surface area contributed by atoms with Crippen molar-refractivity contribution in [3.63, 3.8) is 0 Å². The minimum Gasteiger partial charge on any atom is -0.323 e. The van der Waals surface area contributed by atoms with Crippen LogP contribution in [-0.4, -0.2) is 19.3 Å². The van der Waals surface area contributed by atoms with E-state index in [-0.39, 0.29) is 0 Å². The third-order valence-electron chi connectivity index (χ3n) is 4.02. The Balaban J connectivity index is 1.75. The van der Waals surface area contributed by atoms with E-state index < -0.39 is 0 Å². The molecule has 20 heavy (non-hydrogen) atoms. The molecule has 5 heteroatoms. The summed E-state index contributed by atoms with van der Waals surface area (Å²) in [5.41, 5.74) is 1.00. The third kappa shape index (κ3) is 2.71. The molecular weight excluding hydrogens is 250 g/mol. The smallest absolute Gasteiger partial charge is 0.207 e. The molecule has 0 aliphatic heterocycles. The minimum absolute atomic E-state index is 0.378. The number of anilines is 2. The number of nitrogens with zero attached hydrogens (tertiary/aromatic N) is 4. The monoisotopic (exact) mass is 273 g/mol. The summed E-state index contributed by atoms with van der Waals surface area (Å²) in [5, 5.41) is 7.75. The van der Waals surface area contributed by atoms with Gasteiger partial charge < -0.3 is 9.88 Å². The maximum absolute atomic E-state index is 4.46. The Kier molecular flexibility index (Phi) is 3.76. The fourth-order valence-corrected chi connectivity index (χ4v) is 2.88. The largest absolute Gasteiger partial charge is 0.323 e. The molecule has 2 aromatic rings. The number of aromatic nitrogens is 4. The predicted molar refractivity (Wildman–Crippen MR) is 80.2 cm³/mol. The lowest BCUT2D eigenvalue weighted by Crippen LogP contribution is -2.14. The quantitative estimate of drug-likeness (QED) is 0.918. The molecule has 1 aliphatic carbocycles. The zero-order valence-electron chi connectivity index (χ0n) is 12.3. The van der Waals surface area contributed by atoms with Crippen LogP contribution in [0.1, 0.15) is 58.0 Å². The van der Waals surface area contributed by atoms with Gasteiger partial charge in [0.15, 0.2) is 0 Å². The maximum Gasteiger partial charge on any atom is 0.207 e. The zero-order chi connectivity index (χ0) is 13.9. The standard InChI is InChI=1S/C15H23N5/c1-12(2)20-11-13(10-17-20)18-15-16-8-9-19(15)14-6-4-3-5-7-14/h8-12,14H,3-7H2,1-2H3,(H,16,18). The molecule has 1 saturated carbocycles. The second-order valence-corrected chi connectivity index (χ2v) is 5.88. The SMILES string of the molecule is CC(C)n1cc(Nc2nccn2C2CCCCC2)cn1. The van der Waals surface area contributed by atoms with Crippen molar-refractivity contribution in [2.24, 2.45) is 0 Å². The van der Waals surface area contributed by atoms with Crippen molar-refractivity contribution in [3.05, 3.63) is 24.8 Å². The van der Waals surface area contributed by atoms with Gasteiger partial charge in [0, 0.05) is 30.7 Å². The molecule has 108 valence electrons. The van der Waals surface area contributed by atoms with Gasteiger partial charge >= 0.3 is 0 Å². The fourth-order valence-electron chi connectivity index (χ4n) is 2.88. The molecule has 0 saturated heterocycles. The Morgan fingerprint density at radius 3 is 2.75 bits per heavy atom. The lowest BCUT2D eigenvalue weighted by Gasteiger charge is -2.24. The number of rotatable bonds is 4. The molecule has 0 amide bonds. The fraction of sp³-hybridized carbons (Fsp3) is 0.600. The molecule has 2 heterocycles. The minimum atomic E-state index is 0.378. The van der Waals surface area contributed by atoms with Crippen LogP contribution in [0.2, 0.25) is 0 Å². The highest BCUT2D eigenvalue weighted by molar-refractivity contribution is 5.51. The van der Waals surface area contributed by atoms with Gasteiger partial charge in [-0.2, -0.15) is 5.10 Å². The number of nitrogens with one attached hydrogen (secondary N) is 1. The van der Waals surface area contributed by atoms with Gasteiger partial charge in [-0.15, -0.1) is 0 Å². The molecular formula is C15H23N5. The van der Waals surface area contributed by atoms with Crippen LogP contribution in [0.4, 0.5) is 11.6 Å². The summed E-state index contributed by atoms with van der Waals surface area (Å²) in [6, 6.07) is 0.970. The van der Waals surface area contributed by atoms with Gasteiger partial charge in [0.05, 0.1) is 11.9 Å². The van der Waals surface area contributed by atoms with E-state index in [2.05, 4.69) is 40.0 Å². The Hall–Kier alpha value is -1.78. The Bertz CT molecular complexity index is 548. The topological polar surface area (TPSA) is 47.7 Å². The summed E-state index contributed by atoms with van der Waals surface area (Å²) >= 11 is 0. The van der Waals surface area contributed by atoms with Crippen LogP contribution < -0.4 is 5.32 Å². The van der Waals surface area contributed by atoms with Crippen LogP contribution in [0, 0.1) is 0 Å². The summed E-state index contributed by atoms with van der Waals surface area (Å²) in [4.78, 5) is 4.46. The second-order valence-electron chi connectivity index (χ2n) is 5.88. The molecule has 0 atom stereocenters. The van der Waals surface area contributed by atoms with Crippen molar-refractivity contribution in [2.45, 2.75) is 58.0 Å². The molecule has 1 N–H and O–H groups in total. The van der Waals surface area contributed by atoms with Crippen LogP contribution in [0.3, 0.4) is 0 Å². The number of imidazole rings is 1. The molecule has 0 unspecified atom stereocenters. The normalized spacial score (nSPS) is 16.8. The van der Waals surface area contributed by atoms with Crippen LogP contribution in [0.25, 0.3) is 0 Å². The van der Waals surface area contributed by atoms with E-state index in [0.717, 1.165) is 11.6 Å². The van der Waals surface area contributed by atoms with Crippen LogP contribution in [-0.2, 0) is 0 Å². The summed E-state index contributed by atoms with van der Waals surface area (Å²) in [6.07, 6.45) is 14.4. The summed E-state index contributed by atoms with van der Waals surface area (Å²) in [6.45, 7) is 4.25. The molecule has 0 bridgehead atoms. The van der Waals surface area contributed by atoms with Gasteiger partial charge in [-0.25, -0.2) is 4.98 Å². The highest BCUT2D eigenvalue weighted by Gasteiger charge is 2.18.